The summed E-state index contributed by atoms with van der Waals surface area (Å²) in [6.45, 7) is 1.92. The molecule has 1 aliphatic heterocycles. The van der Waals surface area contributed by atoms with Gasteiger partial charge in [0.2, 0.25) is 0 Å². The molecule has 0 bridgehead atoms. The van der Waals surface area contributed by atoms with E-state index < -0.39 is 0 Å². The van der Waals surface area contributed by atoms with E-state index in [1.165, 1.54) is 11.1 Å². The zero-order valence-electron chi connectivity index (χ0n) is 7.76. The number of ether oxygens (including phenoxy) is 1. The van der Waals surface area contributed by atoms with Crippen molar-refractivity contribution in [2.45, 2.75) is 13.0 Å². The predicted octanol–water partition coefficient (Wildman–Crippen LogP) is 0.923. The summed E-state index contributed by atoms with van der Waals surface area (Å²) in [5.41, 5.74) is 9.31. The van der Waals surface area contributed by atoms with E-state index in [-0.39, 0.29) is 0 Å². The van der Waals surface area contributed by atoms with Gasteiger partial charge in [-0.15, -0.1) is 0 Å². The fourth-order valence-electron chi connectivity index (χ4n) is 1.74. The number of methoxy groups -OCH3 is 1. The molecular formula is C10H14N2O. The van der Waals surface area contributed by atoms with Crippen LogP contribution < -0.4 is 15.8 Å². The summed E-state index contributed by atoms with van der Waals surface area (Å²) >= 11 is 0. The fourth-order valence-corrected chi connectivity index (χ4v) is 1.74. The summed E-state index contributed by atoms with van der Waals surface area (Å²) in [7, 11) is 1.66. The molecule has 70 valence electrons. The molecule has 0 saturated heterocycles. The van der Waals surface area contributed by atoms with Crippen molar-refractivity contribution in [3.8, 4) is 5.75 Å². The zero-order chi connectivity index (χ0) is 9.26. The number of hydrogen-bond acceptors (Lipinski definition) is 3. The fraction of sp³-hybridized carbons (Fsp3) is 0.400. The van der Waals surface area contributed by atoms with Gasteiger partial charge in [-0.05, 0) is 30.2 Å². The molecule has 1 heterocycles. The third kappa shape index (κ3) is 1.47. The summed E-state index contributed by atoms with van der Waals surface area (Å²) in [6, 6.07) is 3.95. The van der Waals surface area contributed by atoms with Gasteiger partial charge in [-0.25, -0.2) is 0 Å². The summed E-state index contributed by atoms with van der Waals surface area (Å²) in [5.74, 6) is 0.847. The Morgan fingerprint density at radius 3 is 3.08 bits per heavy atom. The molecule has 1 aliphatic rings. The van der Waals surface area contributed by atoms with Crippen molar-refractivity contribution in [2.24, 2.45) is 0 Å². The highest BCUT2D eigenvalue weighted by molar-refractivity contribution is 5.56. The number of rotatable bonds is 1. The Morgan fingerprint density at radius 2 is 2.31 bits per heavy atom. The SMILES string of the molecule is COc1cc(N)c2c(c1)CNCC2. The molecule has 0 radical (unpaired) electrons. The van der Waals surface area contributed by atoms with Gasteiger partial charge in [0.25, 0.3) is 0 Å². The van der Waals surface area contributed by atoms with Crippen LogP contribution in [0.25, 0.3) is 0 Å². The quantitative estimate of drug-likeness (QED) is 0.629. The number of anilines is 1. The highest BCUT2D eigenvalue weighted by Gasteiger charge is 2.12. The van der Waals surface area contributed by atoms with Gasteiger partial charge in [-0.1, -0.05) is 0 Å². The Kier molecular flexibility index (Phi) is 2.10. The zero-order valence-corrected chi connectivity index (χ0v) is 7.76. The molecule has 0 amide bonds. The maximum Gasteiger partial charge on any atom is 0.121 e. The number of nitrogens with two attached hydrogens (primary N) is 1. The van der Waals surface area contributed by atoms with Crippen molar-refractivity contribution in [1.29, 1.82) is 0 Å². The van der Waals surface area contributed by atoms with Gasteiger partial charge in [0.05, 0.1) is 7.11 Å². The topological polar surface area (TPSA) is 47.3 Å². The molecule has 0 unspecified atom stereocenters. The van der Waals surface area contributed by atoms with Gasteiger partial charge >= 0.3 is 0 Å². The van der Waals surface area contributed by atoms with E-state index in [9.17, 15) is 0 Å². The van der Waals surface area contributed by atoms with Crippen molar-refractivity contribution < 1.29 is 4.74 Å². The van der Waals surface area contributed by atoms with Crippen molar-refractivity contribution in [1.82, 2.24) is 5.32 Å². The van der Waals surface area contributed by atoms with Crippen molar-refractivity contribution >= 4 is 5.69 Å². The second kappa shape index (κ2) is 3.26. The standard InChI is InChI=1S/C10H14N2O/c1-13-8-4-7-6-12-3-2-9(7)10(11)5-8/h4-5,12H,2-3,6,11H2,1H3. The monoisotopic (exact) mass is 178 g/mol. The largest absolute Gasteiger partial charge is 0.497 e. The lowest BCUT2D eigenvalue weighted by molar-refractivity contribution is 0.413. The maximum absolute atomic E-state index is 5.91. The Balaban J connectivity index is 2.47. The minimum Gasteiger partial charge on any atom is -0.497 e. The first-order valence-electron chi connectivity index (χ1n) is 4.47. The minimum atomic E-state index is 0.847. The van der Waals surface area contributed by atoms with Gasteiger partial charge in [0.15, 0.2) is 0 Å². The lowest BCUT2D eigenvalue weighted by Gasteiger charge is -2.19. The average molecular weight is 178 g/mol. The van der Waals surface area contributed by atoms with Crippen LogP contribution in [-0.2, 0) is 13.0 Å². The molecule has 0 aromatic heterocycles. The summed E-state index contributed by atoms with van der Waals surface area (Å²) < 4.78 is 5.15. The van der Waals surface area contributed by atoms with Crippen LogP contribution in [0.2, 0.25) is 0 Å². The first kappa shape index (κ1) is 8.38. The summed E-state index contributed by atoms with van der Waals surface area (Å²) in [5, 5.41) is 3.31. The van der Waals surface area contributed by atoms with E-state index in [0.29, 0.717) is 0 Å². The Bertz CT molecular complexity index is 323. The number of nitrogen functional groups attached to an aromatic ring is 1. The molecular weight excluding hydrogens is 164 g/mol. The van der Waals surface area contributed by atoms with Crippen LogP contribution in [-0.4, -0.2) is 13.7 Å². The van der Waals surface area contributed by atoms with Crippen LogP contribution in [0.15, 0.2) is 12.1 Å². The third-order valence-corrected chi connectivity index (χ3v) is 2.45. The third-order valence-electron chi connectivity index (χ3n) is 2.45. The van der Waals surface area contributed by atoms with E-state index in [0.717, 1.165) is 30.9 Å². The molecule has 0 fully saturated rings. The molecule has 0 aliphatic carbocycles. The normalized spacial score (nSPS) is 15.2. The Labute approximate surface area is 77.9 Å². The first-order chi connectivity index (χ1) is 6.31. The van der Waals surface area contributed by atoms with Crippen LogP contribution in [0.5, 0.6) is 5.75 Å². The molecule has 1 aromatic rings. The van der Waals surface area contributed by atoms with Crippen LogP contribution in [0.1, 0.15) is 11.1 Å². The van der Waals surface area contributed by atoms with Crippen LogP contribution >= 0.6 is 0 Å². The average Bonchev–Trinajstić information content (AvgIpc) is 2.18. The Hall–Kier alpha value is -1.22. The van der Waals surface area contributed by atoms with Crippen LogP contribution in [0, 0.1) is 0 Å². The van der Waals surface area contributed by atoms with Gasteiger partial charge in [0, 0.05) is 18.3 Å². The van der Waals surface area contributed by atoms with E-state index in [1.54, 1.807) is 7.11 Å². The molecule has 3 N–H and O–H groups in total. The second-order valence-electron chi connectivity index (χ2n) is 3.28. The van der Waals surface area contributed by atoms with E-state index in [4.69, 9.17) is 10.5 Å². The van der Waals surface area contributed by atoms with Crippen molar-refractivity contribution in [3.63, 3.8) is 0 Å². The highest BCUT2D eigenvalue weighted by Crippen LogP contribution is 2.26. The molecule has 0 atom stereocenters. The van der Waals surface area contributed by atoms with Gasteiger partial charge in [-0.2, -0.15) is 0 Å². The van der Waals surface area contributed by atoms with Crippen LogP contribution in [0.3, 0.4) is 0 Å². The Morgan fingerprint density at radius 1 is 1.46 bits per heavy atom. The molecule has 1 aromatic carbocycles. The number of hydrogen-bond donors (Lipinski definition) is 2. The molecule has 0 saturated carbocycles. The molecule has 13 heavy (non-hydrogen) atoms. The van der Waals surface area contributed by atoms with Crippen molar-refractivity contribution in [3.05, 3.63) is 23.3 Å². The van der Waals surface area contributed by atoms with E-state index in [1.807, 2.05) is 6.07 Å². The number of fused-ring (bicyclic) bond motifs is 1. The van der Waals surface area contributed by atoms with Gasteiger partial charge < -0.3 is 15.8 Å². The summed E-state index contributed by atoms with van der Waals surface area (Å²) in [6.07, 6.45) is 1.02. The molecule has 2 rings (SSSR count). The highest BCUT2D eigenvalue weighted by atomic mass is 16.5. The smallest absolute Gasteiger partial charge is 0.121 e. The maximum atomic E-state index is 5.91. The van der Waals surface area contributed by atoms with E-state index in [2.05, 4.69) is 11.4 Å². The minimum absolute atomic E-state index is 0.847. The number of benzene rings is 1. The molecule has 3 heteroatoms. The van der Waals surface area contributed by atoms with Gasteiger partial charge in [0.1, 0.15) is 5.75 Å². The lowest BCUT2D eigenvalue weighted by atomic mass is 9.99. The van der Waals surface area contributed by atoms with Gasteiger partial charge in [-0.3, -0.25) is 0 Å². The van der Waals surface area contributed by atoms with E-state index >= 15 is 0 Å². The first-order valence-corrected chi connectivity index (χ1v) is 4.47. The molecule has 3 nitrogen and oxygen atoms in total. The predicted molar refractivity (Wildman–Crippen MR) is 52.8 cm³/mol. The molecule has 0 spiro atoms. The summed E-state index contributed by atoms with van der Waals surface area (Å²) in [4.78, 5) is 0. The lowest BCUT2D eigenvalue weighted by Crippen LogP contribution is -2.24. The van der Waals surface area contributed by atoms with Crippen LogP contribution in [0.4, 0.5) is 5.69 Å². The van der Waals surface area contributed by atoms with Crippen molar-refractivity contribution in [2.75, 3.05) is 19.4 Å². The second-order valence-corrected chi connectivity index (χ2v) is 3.28. The number of nitrogens with one attached hydrogen (secondary N) is 1.